The average Bonchev–Trinajstić information content (AvgIpc) is 2.01. The first-order valence-electron chi connectivity index (χ1n) is 3.46. The Morgan fingerprint density at radius 3 is 1.40 bits per heavy atom. The van der Waals surface area contributed by atoms with E-state index in [0.717, 1.165) is 6.54 Å². The van der Waals surface area contributed by atoms with Crippen molar-refractivity contribution in [2.24, 2.45) is 0 Å². The van der Waals surface area contributed by atoms with Crippen LogP contribution in [0.25, 0.3) is 0 Å². The largest absolute Gasteiger partial charge is 0.315 e. The molecule has 4 N–H and O–H groups in total. The van der Waals surface area contributed by atoms with Gasteiger partial charge in [0.05, 0.1) is 0 Å². The maximum Gasteiger partial charge on any atom is 0.135 e. The van der Waals surface area contributed by atoms with Gasteiger partial charge in [-0.3, -0.25) is 16.0 Å². The van der Waals surface area contributed by atoms with Crippen LogP contribution in [0.2, 0.25) is 0 Å². The second kappa shape index (κ2) is 4.62. The minimum atomic E-state index is -0.186. The summed E-state index contributed by atoms with van der Waals surface area (Å²) >= 11 is 0. The molecule has 0 heterocycles. The average molecular weight is 146 g/mol. The van der Waals surface area contributed by atoms with Crippen LogP contribution < -0.4 is 21.3 Å². The lowest BCUT2D eigenvalue weighted by Crippen LogP contribution is -2.67. The fourth-order valence-electron chi connectivity index (χ4n) is 0.905. The van der Waals surface area contributed by atoms with Gasteiger partial charge < -0.3 is 5.32 Å². The number of hydrogen-bond acceptors (Lipinski definition) is 4. The van der Waals surface area contributed by atoms with E-state index in [-0.39, 0.29) is 5.79 Å². The Bertz CT molecular complexity index is 71.6. The predicted molar refractivity (Wildman–Crippen MR) is 43.8 cm³/mol. The van der Waals surface area contributed by atoms with Crippen LogP contribution in [-0.2, 0) is 0 Å². The van der Waals surface area contributed by atoms with Crippen molar-refractivity contribution in [3.63, 3.8) is 0 Å². The Morgan fingerprint density at radius 2 is 1.30 bits per heavy atom. The molecule has 0 fully saturated rings. The molecule has 0 aromatic rings. The van der Waals surface area contributed by atoms with Crippen LogP contribution in [0.3, 0.4) is 0 Å². The fourth-order valence-corrected chi connectivity index (χ4v) is 0.905. The highest BCUT2D eigenvalue weighted by Crippen LogP contribution is 1.87. The highest BCUT2D eigenvalue weighted by Gasteiger charge is 2.21. The van der Waals surface area contributed by atoms with E-state index < -0.39 is 0 Å². The fraction of sp³-hybridized carbons (Fsp3) is 1.00. The van der Waals surface area contributed by atoms with Crippen LogP contribution in [0.15, 0.2) is 0 Å². The van der Waals surface area contributed by atoms with Gasteiger partial charge in [-0.25, -0.2) is 0 Å². The molecule has 10 heavy (non-hydrogen) atoms. The standard InChI is InChI=1S/C6H18N4/c1-7-5-6(8-2,9-3)10-4/h7-10H,5H2,1-4H3. The molecule has 0 aliphatic heterocycles. The Balaban J connectivity index is 3.87. The molecule has 62 valence electrons. The summed E-state index contributed by atoms with van der Waals surface area (Å²) in [5.74, 6) is -0.186. The van der Waals surface area contributed by atoms with E-state index in [2.05, 4.69) is 21.3 Å². The van der Waals surface area contributed by atoms with Crippen LogP contribution in [0, 0.1) is 0 Å². The molecule has 0 bridgehead atoms. The van der Waals surface area contributed by atoms with Crippen molar-refractivity contribution < 1.29 is 0 Å². The summed E-state index contributed by atoms with van der Waals surface area (Å²) < 4.78 is 0. The first-order chi connectivity index (χ1) is 4.74. The predicted octanol–water partition coefficient (Wildman–Crippen LogP) is -1.48. The minimum Gasteiger partial charge on any atom is -0.315 e. The molecular formula is C6H18N4. The normalized spacial score (nSPS) is 12.0. The van der Waals surface area contributed by atoms with Gasteiger partial charge in [0, 0.05) is 6.54 Å². The molecular weight excluding hydrogens is 128 g/mol. The molecule has 4 nitrogen and oxygen atoms in total. The van der Waals surface area contributed by atoms with E-state index in [1.807, 2.05) is 28.2 Å². The molecule has 0 aliphatic carbocycles. The molecule has 0 atom stereocenters. The van der Waals surface area contributed by atoms with E-state index in [0.29, 0.717) is 0 Å². The third-order valence-electron chi connectivity index (χ3n) is 1.72. The lowest BCUT2D eigenvalue weighted by molar-refractivity contribution is 0.241. The second-order valence-electron chi connectivity index (χ2n) is 2.19. The zero-order chi connectivity index (χ0) is 8.04. The lowest BCUT2D eigenvalue weighted by atomic mass is 10.3. The van der Waals surface area contributed by atoms with Gasteiger partial charge in [-0.15, -0.1) is 0 Å². The Kier molecular flexibility index (Phi) is 4.55. The number of rotatable bonds is 5. The number of nitrogens with one attached hydrogen (secondary N) is 4. The molecule has 0 saturated carbocycles. The minimum absolute atomic E-state index is 0.186. The van der Waals surface area contributed by atoms with Gasteiger partial charge in [0.15, 0.2) is 0 Å². The number of likely N-dealkylation sites (N-methyl/N-ethyl adjacent to an activating group) is 4. The maximum atomic E-state index is 3.13. The van der Waals surface area contributed by atoms with Crippen molar-refractivity contribution in [1.29, 1.82) is 0 Å². The van der Waals surface area contributed by atoms with Gasteiger partial charge in [-0.1, -0.05) is 0 Å². The van der Waals surface area contributed by atoms with Gasteiger partial charge >= 0.3 is 0 Å². The number of hydrogen-bond donors (Lipinski definition) is 4. The summed E-state index contributed by atoms with van der Waals surface area (Å²) in [6.45, 7) is 0.830. The van der Waals surface area contributed by atoms with E-state index in [9.17, 15) is 0 Å². The maximum absolute atomic E-state index is 3.13. The zero-order valence-corrected chi connectivity index (χ0v) is 7.21. The molecule has 0 radical (unpaired) electrons. The first-order valence-corrected chi connectivity index (χ1v) is 3.46. The molecule has 0 aromatic heterocycles. The molecule has 4 heteroatoms. The van der Waals surface area contributed by atoms with E-state index in [1.54, 1.807) is 0 Å². The molecule has 0 aromatic carbocycles. The Hall–Kier alpha value is -0.160. The highest BCUT2D eigenvalue weighted by molar-refractivity contribution is 4.79. The van der Waals surface area contributed by atoms with Crippen molar-refractivity contribution in [3.05, 3.63) is 0 Å². The summed E-state index contributed by atoms with van der Waals surface area (Å²) in [7, 11) is 7.64. The van der Waals surface area contributed by atoms with Gasteiger partial charge in [-0.2, -0.15) is 0 Å². The highest BCUT2D eigenvalue weighted by atomic mass is 15.3. The third kappa shape index (κ3) is 2.22. The van der Waals surface area contributed by atoms with Crippen LogP contribution >= 0.6 is 0 Å². The van der Waals surface area contributed by atoms with E-state index >= 15 is 0 Å². The Morgan fingerprint density at radius 1 is 0.900 bits per heavy atom. The van der Waals surface area contributed by atoms with E-state index in [1.165, 1.54) is 0 Å². The monoisotopic (exact) mass is 146 g/mol. The summed E-state index contributed by atoms with van der Waals surface area (Å²) in [4.78, 5) is 0. The second-order valence-corrected chi connectivity index (χ2v) is 2.19. The van der Waals surface area contributed by atoms with Crippen LogP contribution in [0.4, 0.5) is 0 Å². The van der Waals surface area contributed by atoms with Crippen molar-refractivity contribution in [1.82, 2.24) is 21.3 Å². The van der Waals surface area contributed by atoms with Crippen LogP contribution in [0.5, 0.6) is 0 Å². The van der Waals surface area contributed by atoms with Gasteiger partial charge in [0.2, 0.25) is 0 Å². The SMILES string of the molecule is CNCC(NC)(NC)NC. The lowest BCUT2D eigenvalue weighted by Gasteiger charge is -2.32. The van der Waals surface area contributed by atoms with Gasteiger partial charge in [-0.05, 0) is 28.2 Å². The molecule has 0 saturated heterocycles. The van der Waals surface area contributed by atoms with Crippen molar-refractivity contribution in [2.75, 3.05) is 34.7 Å². The van der Waals surface area contributed by atoms with Crippen molar-refractivity contribution in [3.8, 4) is 0 Å². The molecule has 0 amide bonds. The summed E-state index contributed by atoms with van der Waals surface area (Å²) in [5, 5.41) is 12.5. The third-order valence-corrected chi connectivity index (χ3v) is 1.72. The van der Waals surface area contributed by atoms with Crippen molar-refractivity contribution in [2.45, 2.75) is 5.79 Å². The summed E-state index contributed by atoms with van der Waals surface area (Å²) in [5.41, 5.74) is 0. The van der Waals surface area contributed by atoms with Crippen LogP contribution in [0.1, 0.15) is 0 Å². The molecule has 0 unspecified atom stereocenters. The molecule has 0 rings (SSSR count). The molecule has 0 spiro atoms. The summed E-state index contributed by atoms with van der Waals surface area (Å²) in [6.07, 6.45) is 0. The molecule has 0 aliphatic rings. The zero-order valence-electron chi connectivity index (χ0n) is 7.21. The Labute approximate surface area is 62.8 Å². The summed E-state index contributed by atoms with van der Waals surface area (Å²) in [6, 6.07) is 0. The van der Waals surface area contributed by atoms with Gasteiger partial charge in [0.25, 0.3) is 0 Å². The van der Waals surface area contributed by atoms with Gasteiger partial charge in [0.1, 0.15) is 5.79 Å². The smallest absolute Gasteiger partial charge is 0.135 e. The first kappa shape index (κ1) is 9.84. The topological polar surface area (TPSA) is 48.1 Å². The van der Waals surface area contributed by atoms with E-state index in [4.69, 9.17) is 0 Å². The quantitative estimate of drug-likeness (QED) is 0.357. The van der Waals surface area contributed by atoms with Crippen LogP contribution in [-0.4, -0.2) is 40.5 Å². The van der Waals surface area contributed by atoms with Crippen molar-refractivity contribution >= 4 is 0 Å².